The molecular weight excluding hydrogens is 236 g/mol. The first kappa shape index (κ1) is 13.0. The SMILES string of the molecule is CC(C)n1ncnc1CN1CCOC(C(=O)O)C1. The Morgan fingerprint density at radius 3 is 3.11 bits per heavy atom. The molecule has 1 saturated heterocycles. The molecule has 2 rings (SSSR count). The standard InChI is InChI=1S/C11H18N4O3/c1-8(2)15-10(12-7-13-15)6-14-3-4-18-9(5-14)11(16)17/h7-9H,3-6H2,1-2H3,(H,16,17). The maximum atomic E-state index is 10.9. The first-order chi connectivity index (χ1) is 8.58. The fourth-order valence-corrected chi connectivity index (χ4v) is 2.01. The number of rotatable bonds is 4. The van der Waals surface area contributed by atoms with Gasteiger partial charge < -0.3 is 9.84 Å². The van der Waals surface area contributed by atoms with Crippen LogP contribution in [0.5, 0.6) is 0 Å². The van der Waals surface area contributed by atoms with Gasteiger partial charge in [-0.2, -0.15) is 5.10 Å². The maximum Gasteiger partial charge on any atom is 0.334 e. The van der Waals surface area contributed by atoms with Gasteiger partial charge in [0.15, 0.2) is 6.10 Å². The van der Waals surface area contributed by atoms with Crippen LogP contribution < -0.4 is 0 Å². The van der Waals surface area contributed by atoms with Gasteiger partial charge in [-0.25, -0.2) is 14.5 Å². The van der Waals surface area contributed by atoms with Crippen LogP contribution in [0.15, 0.2) is 6.33 Å². The first-order valence-electron chi connectivity index (χ1n) is 6.03. The van der Waals surface area contributed by atoms with Crippen molar-refractivity contribution < 1.29 is 14.6 Å². The van der Waals surface area contributed by atoms with Gasteiger partial charge in [0, 0.05) is 19.1 Å². The minimum atomic E-state index is -0.912. The lowest BCUT2D eigenvalue weighted by Crippen LogP contribution is -2.45. The van der Waals surface area contributed by atoms with Crippen LogP contribution >= 0.6 is 0 Å². The van der Waals surface area contributed by atoms with Crippen molar-refractivity contribution in [3.8, 4) is 0 Å². The molecule has 0 bridgehead atoms. The summed E-state index contributed by atoms with van der Waals surface area (Å²) in [6, 6.07) is 0.249. The van der Waals surface area contributed by atoms with Gasteiger partial charge >= 0.3 is 5.97 Å². The average molecular weight is 254 g/mol. The topological polar surface area (TPSA) is 80.5 Å². The number of carboxylic acids is 1. The highest BCUT2D eigenvalue weighted by molar-refractivity contribution is 5.72. The molecule has 0 radical (unpaired) electrons. The van der Waals surface area contributed by atoms with Crippen LogP contribution in [0, 0.1) is 0 Å². The molecule has 0 saturated carbocycles. The molecule has 0 amide bonds. The molecule has 1 aromatic rings. The summed E-state index contributed by atoms with van der Waals surface area (Å²) in [7, 11) is 0. The van der Waals surface area contributed by atoms with Gasteiger partial charge in [-0.15, -0.1) is 0 Å². The lowest BCUT2D eigenvalue weighted by atomic mass is 10.2. The molecule has 1 aromatic heterocycles. The molecule has 0 spiro atoms. The summed E-state index contributed by atoms with van der Waals surface area (Å²) in [4.78, 5) is 17.1. The van der Waals surface area contributed by atoms with Crippen molar-refractivity contribution in [1.29, 1.82) is 0 Å². The maximum absolute atomic E-state index is 10.9. The number of aliphatic carboxylic acids is 1. The monoisotopic (exact) mass is 254 g/mol. The molecular formula is C11H18N4O3. The average Bonchev–Trinajstić information content (AvgIpc) is 2.77. The highest BCUT2D eigenvalue weighted by Gasteiger charge is 2.27. The molecule has 1 aliphatic rings. The van der Waals surface area contributed by atoms with Gasteiger partial charge in [-0.3, -0.25) is 4.90 Å². The minimum Gasteiger partial charge on any atom is -0.479 e. The Balaban J connectivity index is 2.00. The third-order valence-electron chi connectivity index (χ3n) is 2.93. The molecule has 0 aliphatic carbocycles. The quantitative estimate of drug-likeness (QED) is 0.823. The van der Waals surface area contributed by atoms with E-state index >= 15 is 0 Å². The van der Waals surface area contributed by atoms with Gasteiger partial charge in [0.25, 0.3) is 0 Å². The Kier molecular flexibility index (Phi) is 3.93. The van der Waals surface area contributed by atoms with E-state index in [9.17, 15) is 4.79 Å². The second-order valence-corrected chi connectivity index (χ2v) is 4.65. The van der Waals surface area contributed by atoms with Gasteiger partial charge in [0.1, 0.15) is 12.2 Å². The molecule has 1 fully saturated rings. The van der Waals surface area contributed by atoms with E-state index in [1.807, 2.05) is 23.4 Å². The molecule has 1 unspecified atom stereocenters. The van der Waals surface area contributed by atoms with Crippen LogP contribution in [-0.4, -0.2) is 56.5 Å². The van der Waals surface area contributed by atoms with Crippen LogP contribution in [0.4, 0.5) is 0 Å². The van der Waals surface area contributed by atoms with Crippen LogP contribution in [0.1, 0.15) is 25.7 Å². The Morgan fingerprint density at radius 2 is 2.44 bits per heavy atom. The lowest BCUT2D eigenvalue weighted by molar-refractivity contribution is -0.156. The minimum absolute atomic E-state index is 0.249. The highest BCUT2D eigenvalue weighted by Crippen LogP contribution is 2.11. The van der Waals surface area contributed by atoms with Crippen molar-refractivity contribution in [3.05, 3.63) is 12.2 Å². The van der Waals surface area contributed by atoms with Crippen molar-refractivity contribution in [2.75, 3.05) is 19.7 Å². The van der Waals surface area contributed by atoms with Gasteiger partial charge in [0.2, 0.25) is 0 Å². The summed E-state index contributed by atoms with van der Waals surface area (Å²) in [6.45, 7) is 6.22. The van der Waals surface area contributed by atoms with E-state index in [-0.39, 0.29) is 6.04 Å². The van der Waals surface area contributed by atoms with E-state index in [4.69, 9.17) is 9.84 Å². The Bertz CT molecular complexity index is 418. The van der Waals surface area contributed by atoms with E-state index in [0.29, 0.717) is 26.2 Å². The third kappa shape index (κ3) is 2.85. The number of hydrogen-bond acceptors (Lipinski definition) is 5. The second kappa shape index (κ2) is 5.45. The largest absolute Gasteiger partial charge is 0.479 e. The smallest absolute Gasteiger partial charge is 0.334 e. The fourth-order valence-electron chi connectivity index (χ4n) is 2.01. The number of morpholine rings is 1. The predicted octanol–water partition coefficient (Wildman–Crippen LogP) is 0.144. The van der Waals surface area contributed by atoms with Crippen LogP contribution in [0.2, 0.25) is 0 Å². The van der Waals surface area contributed by atoms with Crippen LogP contribution in [0.25, 0.3) is 0 Å². The van der Waals surface area contributed by atoms with Crippen LogP contribution in [-0.2, 0) is 16.1 Å². The van der Waals surface area contributed by atoms with E-state index < -0.39 is 12.1 Å². The zero-order chi connectivity index (χ0) is 13.1. The van der Waals surface area contributed by atoms with Gasteiger partial charge in [-0.05, 0) is 13.8 Å². The highest BCUT2D eigenvalue weighted by atomic mass is 16.5. The van der Waals surface area contributed by atoms with Crippen molar-refractivity contribution in [2.45, 2.75) is 32.5 Å². The summed E-state index contributed by atoms with van der Waals surface area (Å²) in [5, 5.41) is 13.1. The van der Waals surface area contributed by atoms with Crippen LogP contribution in [0.3, 0.4) is 0 Å². The third-order valence-corrected chi connectivity index (χ3v) is 2.93. The fraction of sp³-hybridized carbons (Fsp3) is 0.727. The van der Waals surface area contributed by atoms with E-state index in [2.05, 4.69) is 10.1 Å². The summed E-state index contributed by atoms with van der Waals surface area (Å²) < 4.78 is 7.03. The summed E-state index contributed by atoms with van der Waals surface area (Å²) in [5.41, 5.74) is 0. The Hall–Kier alpha value is -1.47. The normalized spacial score (nSPS) is 21.4. The van der Waals surface area contributed by atoms with Crippen molar-refractivity contribution >= 4 is 5.97 Å². The van der Waals surface area contributed by atoms with E-state index in [1.54, 1.807) is 0 Å². The van der Waals surface area contributed by atoms with E-state index in [0.717, 1.165) is 5.82 Å². The first-order valence-corrected chi connectivity index (χ1v) is 6.03. The summed E-state index contributed by atoms with van der Waals surface area (Å²) in [6.07, 6.45) is 0.791. The molecule has 7 nitrogen and oxygen atoms in total. The zero-order valence-corrected chi connectivity index (χ0v) is 10.6. The zero-order valence-electron chi connectivity index (χ0n) is 10.6. The van der Waals surface area contributed by atoms with Gasteiger partial charge in [0.05, 0.1) is 13.2 Å². The lowest BCUT2D eigenvalue weighted by Gasteiger charge is -2.30. The number of carboxylic acid groups (broad SMARTS) is 1. The second-order valence-electron chi connectivity index (χ2n) is 4.65. The van der Waals surface area contributed by atoms with Gasteiger partial charge in [-0.1, -0.05) is 0 Å². The number of ether oxygens (including phenoxy) is 1. The Morgan fingerprint density at radius 1 is 1.67 bits per heavy atom. The predicted molar refractivity (Wildman–Crippen MR) is 63.1 cm³/mol. The Labute approximate surface area is 105 Å². The molecule has 1 N–H and O–H groups in total. The molecule has 1 aliphatic heterocycles. The number of nitrogens with zero attached hydrogens (tertiary/aromatic N) is 4. The number of aromatic nitrogens is 3. The number of hydrogen-bond donors (Lipinski definition) is 1. The molecule has 7 heteroatoms. The van der Waals surface area contributed by atoms with Crippen molar-refractivity contribution in [3.63, 3.8) is 0 Å². The van der Waals surface area contributed by atoms with E-state index in [1.165, 1.54) is 6.33 Å². The van der Waals surface area contributed by atoms with Crippen molar-refractivity contribution in [1.82, 2.24) is 19.7 Å². The molecule has 0 aromatic carbocycles. The summed E-state index contributed by atoms with van der Waals surface area (Å²) in [5.74, 6) is -0.0546. The summed E-state index contributed by atoms with van der Waals surface area (Å²) >= 11 is 0. The molecule has 1 atom stereocenters. The molecule has 18 heavy (non-hydrogen) atoms. The molecule has 2 heterocycles. The molecule has 100 valence electrons. The van der Waals surface area contributed by atoms with Crippen molar-refractivity contribution in [2.24, 2.45) is 0 Å². The number of carbonyl (C=O) groups is 1.